The lowest BCUT2D eigenvalue weighted by Crippen LogP contribution is -2.47. The number of rotatable bonds is 6. The Balaban J connectivity index is 2.48. The molecule has 8 nitrogen and oxygen atoms in total. The van der Waals surface area contributed by atoms with Crippen molar-refractivity contribution in [1.29, 1.82) is 0 Å². The number of thioether (sulfide) groups is 1. The summed E-state index contributed by atoms with van der Waals surface area (Å²) in [5, 5.41) is 10.9. The number of nitrogens with one attached hydrogen (secondary N) is 1. The first-order valence-electron chi connectivity index (χ1n) is 5.06. The van der Waals surface area contributed by atoms with Crippen molar-refractivity contribution in [2.45, 2.75) is 12.5 Å². The Hall–Kier alpha value is -1.77. The van der Waals surface area contributed by atoms with E-state index in [2.05, 4.69) is 5.32 Å². The lowest BCUT2D eigenvalue weighted by atomic mass is 10.2. The molecule has 1 rings (SSSR count). The second-order valence-corrected chi connectivity index (χ2v) is 4.65. The summed E-state index contributed by atoms with van der Waals surface area (Å²) in [4.78, 5) is 45.5. The lowest BCUT2D eigenvalue weighted by Gasteiger charge is -2.17. The minimum Gasteiger partial charge on any atom is -0.480 e. The van der Waals surface area contributed by atoms with Crippen molar-refractivity contribution in [3.8, 4) is 0 Å². The zero-order valence-corrected chi connectivity index (χ0v) is 10.2. The van der Waals surface area contributed by atoms with E-state index in [1.807, 2.05) is 0 Å². The molecule has 0 aliphatic carbocycles. The number of hydrogen-bond donors (Lipinski definition) is 3. The number of carbonyl (C=O) groups excluding carboxylic acids is 3. The first-order valence-corrected chi connectivity index (χ1v) is 6.21. The van der Waals surface area contributed by atoms with Gasteiger partial charge in [0.25, 0.3) is 0 Å². The summed E-state index contributed by atoms with van der Waals surface area (Å²) in [6, 6.07) is -1.36. The summed E-state index contributed by atoms with van der Waals surface area (Å²) in [5.41, 5.74) is 4.87. The van der Waals surface area contributed by atoms with Gasteiger partial charge in [0.15, 0.2) is 0 Å². The molecule has 9 heteroatoms. The third-order valence-electron chi connectivity index (χ3n) is 2.20. The summed E-state index contributed by atoms with van der Waals surface area (Å²) in [7, 11) is 0. The minimum atomic E-state index is -1.36. The summed E-state index contributed by atoms with van der Waals surface area (Å²) >= 11 is 1.37. The molecule has 1 heterocycles. The monoisotopic (exact) mass is 275 g/mol. The third-order valence-corrected chi connectivity index (χ3v) is 3.14. The first kappa shape index (κ1) is 14.3. The second kappa shape index (κ2) is 6.24. The van der Waals surface area contributed by atoms with Crippen molar-refractivity contribution in [3.63, 3.8) is 0 Å². The van der Waals surface area contributed by atoms with Gasteiger partial charge in [0, 0.05) is 0 Å². The number of nitrogens with two attached hydrogens (primary N) is 1. The van der Waals surface area contributed by atoms with Crippen LogP contribution < -0.4 is 11.1 Å². The molecule has 0 aromatic rings. The quantitative estimate of drug-likeness (QED) is 0.512. The number of aliphatic carboxylic acids is 1. The molecule has 1 aliphatic rings. The number of amides is 3. The fraction of sp³-hybridized carbons (Fsp3) is 0.556. The van der Waals surface area contributed by atoms with Crippen LogP contribution in [-0.2, 0) is 19.2 Å². The average molecular weight is 275 g/mol. The average Bonchev–Trinajstić information content (AvgIpc) is 2.62. The number of nitrogens with zero attached hydrogens (tertiary/aromatic N) is 1. The van der Waals surface area contributed by atoms with Gasteiger partial charge >= 0.3 is 5.97 Å². The van der Waals surface area contributed by atoms with Crippen molar-refractivity contribution in [3.05, 3.63) is 0 Å². The topological polar surface area (TPSA) is 130 Å². The summed E-state index contributed by atoms with van der Waals surface area (Å²) in [6.07, 6.45) is -0.482. The Kier molecular flexibility index (Phi) is 4.95. The molecule has 0 bridgehead atoms. The largest absolute Gasteiger partial charge is 0.480 e. The smallest absolute Gasteiger partial charge is 0.326 e. The normalized spacial score (nSPS) is 16.4. The van der Waals surface area contributed by atoms with Gasteiger partial charge in [-0.2, -0.15) is 0 Å². The van der Waals surface area contributed by atoms with E-state index in [1.54, 1.807) is 0 Å². The van der Waals surface area contributed by atoms with E-state index in [9.17, 15) is 19.2 Å². The van der Waals surface area contributed by atoms with Crippen LogP contribution in [0.15, 0.2) is 0 Å². The molecule has 0 aromatic heterocycles. The van der Waals surface area contributed by atoms with E-state index < -0.39 is 30.2 Å². The van der Waals surface area contributed by atoms with Crippen LogP contribution in [-0.4, -0.2) is 57.9 Å². The van der Waals surface area contributed by atoms with E-state index in [1.165, 1.54) is 16.7 Å². The van der Waals surface area contributed by atoms with Crippen LogP contribution in [0, 0.1) is 0 Å². The van der Waals surface area contributed by atoms with E-state index in [0.29, 0.717) is 11.6 Å². The molecule has 0 spiro atoms. The number of carboxylic acid groups (broad SMARTS) is 1. The summed E-state index contributed by atoms with van der Waals surface area (Å²) < 4.78 is 0. The Bertz CT molecular complexity index is 386. The molecular formula is C9H13N3O5S. The van der Waals surface area contributed by atoms with Crippen LogP contribution in [0.3, 0.4) is 0 Å². The highest BCUT2D eigenvalue weighted by Gasteiger charge is 2.26. The highest BCUT2D eigenvalue weighted by molar-refractivity contribution is 8.00. The molecule has 0 saturated carbocycles. The van der Waals surface area contributed by atoms with Gasteiger partial charge < -0.3 is 21.1 Å². The number of primary amides is 1. The zero-order valence-electron chi connectivity index (χ0n) is 9.42. The molecule has 3 amide bonds. The van der Waals surface area contributed by atoms with Crippen LogP contribution in [0.4, 0.5) is 0 Å². The Morgan fingerprint density at radius 1 is 1.50 bits per heavy atom. The maximum absolute atomic E-state index is 11.5. The molecule has 4 N–H and O–H groups in total. The van der Waals surface area contributed by atoms with E-state index >= 15 is 0 Å². The Labute approximate surface area is 107 Å². The fourth-order valence-electron chi connectivity index (χ4n) is 1.35. The molecule has 18 heavy (non-hydrogen) atoms. The number of carbonyl (C=O) groups is 4. The highest BCUT2D eigenvalue weighted by Crippen LogP contribution is 2.13. The van der Waals surface area contributed by atoms with Gasteiger partial charge in [-0.25, -0.2) is 4.79 Å². The molecule has 0 radical (unpaired) electrons. The van der Waals surface area contributed by atoms with Gasteiger partial charge in [0.2, 0.25) is 17.7 Å². The van der Waals surface area contributed by atoms with Crippen molar-refractivity contribution >= 4 is 35.5 Å². The molecule has 0 unspecified atom stereocenters. The van der Waals surface area contributed by atoms with Crippen molar-refractivity contribution in [2.24, 2.45) is 5.73 Å². The standard InChI is InChI=1S/C9H13N3O5S/c10-6(13)1-5(9(16)17)11-7(14)2-12-4-18-3-8(12)15/h5H,1-4H2,(H2,10,13)(H,11,14)(H,16,17)/t5-/m1/s1. The van der Waals surface area contributed by atoms with Crippen LogP contribution in [0.25, 0.3) is 0 Å². The van der Waals surface area contributed by atoms with E-state index in [-0.39, 0.29) is 12.5 Å². The number of hydrogen-bond acceptors (Lipinski definition) is 5. The summed E-state index contributed by atoms with van der Waals surface area (Å²) in [5.74, 6) is -2.24. The number of carboxylic acids is 1. The van der Waals surface area contributed by atoms with Gasteiger partial charge in [0.05, 0.1) is 18.1 Å². The maximum atomic E-state index is 11.5. The molecule has 0 aromatic carbocycles. The minimum absolute atomic E-state index is 0.170. The van der Waals surface area contributed by atoms with Crippen molar-refractivity contribution in [1.82, 2.24) is 10.2 Å². The van der Waals surface area contributed by atoms with E-state index in [0.717, 1.165) is 0 Å². The van der Waals surface area contributed by atoms with Gasteiger partial charge in [-0.3, -0.25) is 14.4 Å². The van der Waals surface area contributed by atoms with Gasteiger partial charge in [-0.1, -0.05) is 0 Å². The van der Waals surface area contributed by atoms with Crippen LogP contribution in [0.2, 0.25) is 0 Å². The third kappa shape index (κ3) is 4.24. The van der Waals surface area contributed by atoms with Crippen molar-refractivity contribution in [2.75, 3.05) is 18.2 Å². The van der Waals surface area contributed by atoms with Crippen LogP contribution in [0.1, 0.15) is 6.42 Å². The molecule has 1 saturated heterocycles. The Morgan fingerprint density at radius 2 is 2.17 bits per heavy atom. The SMILES string of the molecule is NC(=O)C[C@@H](NC(=O)CN1CSCC1=O)C(=O)O. The second-order valence-electron chi connectivity index (χ2n) is 3.70. The molecule has 100 valence electrons. The maximum Gasteiger partial charge on any atom is 0.326 e. The van der Waals surface area contributed by atoms with Crippen molar-refractivity contribution < 1.29 is 24.3 Å². The fourth-order valence-corrected chi connectivity index (χ4v) is 2.26. The van der Waals surface area contributed by atoms with Crippen LogP contribution >= 0.6 is 11.8 Å². The zero-order chi connectivity index (χ0) is 13.7. The molecule has 1 atom stereocenters. The molecule has 1 aliphatic heterocycles. The molecule has 1 fully saturated rings. The van der Waals surface area contributed by atoms with Gasteiger partial charge in [-0.05, 0) is 0 Å². The Morgan fingerprint density at radius 3 is 2.61 bits per heavy atom. The van der Waals surface area contributed by atoms with Gasteiger partial charge in [-0.15, -0.1) is 11.8 Å². The first-order chi connectivity index (χ1) is 8.40. The summed E-state index contributed by atoms with van der Waals surface area (Å²) in [6.45, 7) is -0.214. The predicted octanol–water partition coefficient (Wildman–Crippen LogP) is -2.04. The lowest BCUT2D eigenvalue weighted by molar-refractivity contribution is -0.143. The highest BCUT2D eigenvalue weighted by atomic mass is 32.2. The molecular weight excluding hydrogens is 262 g/mol. The van der Waals surface area contributed by atoms with Crippen LogP contribution in [0.5, 0.6) is 0 Å². The van der Waals surface area contributed by atoms with Gasteiger partial charge in [0.1, 0.15) is 12.6 Å². The van der Waals surface area contributed by atoms with E-state index in [4.69, 9.17) is 10.8 Å². The predicted molar refractivity (Wildman–Crippen MR) is 62.4 cm³/mol.